The molecule has 0 radical (unpaired) electrons. The summed E-state index contributed by atoms with van der Waals surface area (Å²) in [6.45, 7) is 2.35. The predicted molar refractivity (Wildman–Crippen MR) is 84.8 cm³/mol. The molecule has 3 nitrogen and oxygen atoms in total. The van der Waals surface area contributed by atoms with Crippen LogP contribution in [0.25, 0.3) is 10.9 Å². The molecule has 0 aliphatic carbocycles. The van der Waals surface area contributed by atoms with Crippen molar-refractivity contribution in [1.29, 1.82) is 0 Å². The lowest BCUT2D eigenvalue weighted by atomic mass is 10.1. The fourth-order valence-corrected chi connectivity index (χ4v) is 2.74. The van der Waals surface area contributed by atoms with E-state index in [0.29, 0.717) is 6.61 Å². The van der Waals surface area contributed by atoms with Crippen LogP contribution in [0.5, 0.6) is 0 Å². The van der Waals surface area contributed by atoms with Crippen LogP contribution in [0.4, 0.5) is 0 Å². The minimum absolute atomic E-state index is 0.701. The predicted octanol–water partition coefficient (Wildman–Crippen LogP) is 3.47. The van der Waals surface area contributed by atoms with Crippen molar-refractivity contribution < 1.29 is 4.74 Å². The molecule has 1 aromatic heterocycles. The molecular formula is C18H16N2O. The largest absolute Gasteiger partial charge is 0.476 e. The third kappa shape index (κ3) is 2.31. The molecular weight excluding hydrogens is 260 g/mol. The first-order chi connectivity index (χ1) is 10.4. The van der Waals surface area contributed by atoms with E-state index in [4.69, 9.17) is 4.74 Å². The fraction of sp³-hybridized carbons (Fsp3) is 0.167. The Bertz CT molecular complexity index is 799. The molecule has 0 spiro atoms. The van der Waals surface area contributed by atoms with Gasteiger partial charge in [0, 0.05) is 23.8 Å². The van der Waals surface area contributed by atoms with E-state index in [-0.39, 0.29) is 0 Å². The summed E-state index contributed by atoms with van der Waals surface area (Å²) in [6, 6.07) is 19.1. The van der Waals surface area contributed by atoms with Crippen molar-refractivity contribution >= 4 is 16.8 Å². The zero-order valence-corrected chi connectivity index (χ0v) is 11.7. The first-order valence-corrected chi connectivity index (χ1v) is 7.20. The highest BCUT2D eigenvalue weighted by molar-refractivity contribution is 5.94. The number of hydrogen-bond donors (Lipinski definition) is 0. The van der Waals surface area contributed by atoms with Gasteiger partial charge in [0.05, 0.1) is 6.54 Å². The number of aliphatic imine (C=N–C) groups is 1. The van der Waals surface area contributed by atoms with E-state index in [1.807, 2.05) is 0 Å². The summed E-state index contributed by atoms with van der Waals surface area (Å²) in [5, 5.41) is 1.28. The van der Waals surface area contributed by atoms with Crippen LogP contribution in [0.15, 0.2) is 65.8 Å². The standard InChI is InChI=1S/C18H16N2O/c1-2-4-17-15(3-1)9-11-20(17)13-14-5-7-16(8-6-14)18-19-10-12-21-18/h1-9,11H,10,12-13H2. The quantitative estimate of drug-likeness (QED) is 0.719. The molecule has 2 aromatic carbocycles. The summed E-state index contributed by atoms with van der Waals surface area (Å²) in [6.07, 6.45) is 2.14. The van der Waals surface area contributed by atoms with Crippen LogP contribution in [0.1, 0.15) is 11.1 Å². The summed E-state index contributed by atoms with van der Waals surface area (Å²) in [5.74, 6) is 0.771. The van der Waals surface area contributed by atoms with Gasteiger partial charge in [0.2, 0.25) is 5.90 Å². The Balaban J connectivity index is 1.59. The Labute approximate surface area is 123 Å². The van der Waals surface area contributed by atoms with Crippen LogP contribution < -0.4 is 0 Å². The molecule has 0 saturated carbocycles. The molecule has 0 N–H and O–H groups in total. The zero-order valence-electron chi connectivity index (χ0n) is 11.7. The Morgan fingerprint density at radius 2 is 1.86 bits per heavy atom. The molecule has 2 heterocycles. The van der Waals surface area contributed by atoms with E-state index in [1.54, 1.807) is 0 Å². The van der Waals surface area contributed by atoms with Gasteiger partial charge in [-0.2, -0.15) is 0 Å². The number of hydrogen-bond acceptors (Lipinski definition) is 2. The van der Waals surface area contributed by atoms with E-state index in [9.17, 15) is 0 Å². The topological polar surface area (TPSA) is 26.5 Å². The zero-order chi connectivity index (χ0) is 14.1. The molecule has 21 heavy (non-hydrogen) atoms. The van der Waals surface area contributed by atoms with E-state index in [1.165, 1.54) is 16.5 Å². The number of fused-ring (bicyclic) bond motifs is 1. The maximum absolute atomic E-state index is 5.49. The minimum atomic E-state index is 0.701. The number of nitrogens with zero attached hydrogens (tertiary/aromatic N) is 2. The summed E-state index contributed by atoms with van der Waals surface area (Å²) < 4.78 is 7.76. The van der Waals surface area contributed by atoms with Gasteiger partial charge in [-0.25, -0.2) is 4.99 Å². The minimum Gasteiger partial charge on any atom is -0.476 e. The van der Waals surface area contributed by atoms with Gasteiger partial charge >= 0.3 is 0 Å². The Hall–Kier alpha value is -2.55. The third-order valence-electron chi connectivity index (χ3n) is 3.82. The molecule has 0 atom stereocenters. The summed E-state index contributed by atoms with van der Waals surface area (Å²) in [4.78, 5) is 4.34. The first-order valence-electron chi connectivity index (χ1n) is 7.20. The highest BCUT2D eigenvalue weighted by Crippen LogP contribution is 2.17. The Kier molecular flexibility index (Phi) is 2.96. The van der Waals surface area contributed by atoms with Crippen LogP contribution in [0.2, 0.25) is 0 Å². The second kappa shape index (κ2) is 5.09. The molecule has 0 fully saturated rings. The van der Waals surface area contributed by atoms with E-state index >= 15 is 0 Å². The number of para-hydroxylation sites is 1. The van der Waals surface area contributed by atoms with Crippen LogP contribution in [0, 0.1) is 0 Å². The maximum Gasteiger partial charge on any atom is 0.216 e. The van der Waals surface area contributed by atoms with Crippen LogP contribution in [-0.4, -0.2) is 23.6 Å². The molecule has 104 valence electrons. The lowest BCUT2D eigenvalue weighted by molar-refractivity contribution is 0.348. The van der Waals surface area contributed by atoms with Crippen LogP contribution >= 0.6 is 0 Å². The Morgan fingerprint density at radius 3 is 2.67 bits per heavy atom. The van der Waals surface area contributed by atoms with Crippen molar-refractivity contribution in [3.8, 4) is 0 Å². The molecule has 1 aliphatic rings. The number of ether oxygens (including phenoxy) is 1. The normalized spacial score (nSPS) is 14.2. The molecule has 0 bridgehead atoms. The summed E-state index contributed by atoms with van der Waals surface area (Å²) in [5.41, 5.74) is 3.61. The van der Waals surface area contributed by atoms with E-state index < -0.39 is 0 Å². The Morgan fingerprint density at radius 1 is 1.00 bits per heavy atom. The van der Waals surface area contributed by atoms with Crippen LogP contribution in [-0.2, 0) is 11.3 Å². The average molecular weight is 276 g/mol. The second-order valence-electron chi connectivity index (χ2n) is 5.23. The maximum atomic E-state index is 5.49. The third-order valence-corrected chi connectivity index (χ3v) is 3.82. The van der Waals surface area contributed by atoms with Crippen LogP contribution in [0.3, 0.4) is 0 Å². The second-order valence-corrected chi connectivity index (χ2v) is 5.23. The van der Waals surface area contributed by atoms with Crippen molar-refractivity contribution in [2.24, 2.45) is 4.99 Å². The number of benzene rings is 2. The van der Waals surface area contributed by atoms with Gasteiger partial charge in [-0.15, -0.1) is 0 Å². The lowest BCUT2D eigenvalue weighted by Gasteiger charge is -2.07. The highest BCUT2D eigenvalue weighted by atomic mass is 16.5. The van der Waals surface area contributed by atoms with E-state index in [2.05, 4.69) is 70.4 Å². The van der Waals surface area contributed by atoms with Crippen molar-refractivity contribution in [2.45, 2.75) is 6.54 Å². The van der Waals surface area contributed by atoms with E-state index in [0.717, 1.165) is 24.6 Å². The summed E-state index contributed by atoms with van der Waals surface area (Å²) >= 11 is 0. The molecule has 0 amide bonds. The molecule has 3 aromatic rings. The number of aromatic nitrogens is 1. The lowest BCUT2D eigenvalue weighted by Crippen LogP contribution is -2.02. The van der Waals surface area contributed by atoms with Crippen molar-refractivity contribution in [2.75, 3.05) is 13.2 Å². The SMILES string of the molecule is c1ccc2c(c1)ccn2Cc1ccc(C2=NCCO2)cc1. The molecule has 0 unspecified atom stereocenters. The van der Waals surface area contributed by atoms with Crippen molar-refractivity contribution in [3.05, 3.63) is 71.9 Å². The fourth-order valence-electron chi connectivity index (χ4n) is 2.74. The van der Waals surface area contributed by atoms with Gasteiger partial charge in [0.1, 0.15) is 6.61 Å². The first kappa shape index (κ1) is 12.2. The molecule has 0 saturated heterocycles. The van der Waals surface area contributed by atoms with Gasteiger partial charge in [-0.3, -0.25) is 0 Å². The average Bonchev–Trinajstić information content (AvgIpc) is 3.19. The molecule has 4 rings (SSSR count). The van der Waals surface area contributed by atoms with Gasteiger partial charge in [0.25, 0.3) is 0 Å². The van der Waals surface area contributed by atoms with Gasteiger partial charge in [-0.1, -0.05) is 30.3 Å². The van der Waals surface area contributed by atoms with Crippen molar-refractivity contribution in [1.82, 2.24) is 4.57 Å². The molecule has 3 heteroatoms. The number of rotatable bonds is 3. The van der Waals surface area contributed by atoms with Crippen molar-refractivity contribution in [3.63, 3.8) is 0 Å². The summed E-state index contributed by atoms with van der Waals surface area (Å²) in [7, 11) is 0. The van der Waals surface area contributed by atoms with Gasteiger partial charge in [0.15, 0.2) is 0 Å². The smallest absolute Gasteiger partial charge is 0.216 e. The molecule has 1 aliphatic heterocycles. The highest BCUT2D eigenvalue weighted by Gasteiger charge is 2.09. The van der Waals surface area contributed by atoms with Gasteiger partial charge in [-0.05, 0) is 35.2 Å². The monoisotopic (exact) mass is 276 g/mol. The van der Waals surface area contributed by atoms with Gasteiger partial charge < -0.3 is 9.30 Å².